The molecule has 2 fully saturated rings. The summed E-state index contributed by atoms with van der Waals surface area (Å²) < 4.78 is 2.42. The van der Waals surface area contributed by atoms with Gasteiger partial charge < -0.3 is 14.8 Å². The van der Waals surface area contributed by atoms with E-state index in [1.807, 2.05) is 12.3 Å². The highest BCUT2D eigenvalue weighted by atomic mass is 32.1. The molecule has 1 saturated carbocycles. The summed E-state index contributed by atoms with van der Waals surface area (Å²) in [4.78, 5) is 6.97. The molecule has 4 rings (SSSR count). The Balaban J connectivity index is 1.68. The SMILES string of the molecule is CC(C)CN1C(=S)N[C@H](c2ccccn2)[C@H]1c1ccn(C2CCCC2)c1. The zero-order valence-corrected chi connectivity index (χ0v) is 16.5. The van der Waals surface area contributed by atoms with Crippen LogP contribution < -0.4 is 5.32 Å². The summed E-state index contributed by atoms with van der Waals surface area (Å²) in [5, 5.41) is 4.38. The standard InChI is InChI=1S/C21H28N4S/c1-15(2)13-25-20(16-10-12-24(14-16)17-7-3-4-8-17)19(23-21(25)26)18-9-5-6-11-22-18/h5-6,9-12,14-15,17,19-20H,3-4,7-8,13H2,1-2H3,(H,23,26)/t19-,20-/m1/s1. The van der Waals surface area contributed by atoms with Crippen LogP contribution in [0.4, 0.5) is 0 Å². The van der Waals surface area contributed by atoms with E-state index in [2.05, 4.69) is 64.2 Å². The van der Waals surface area contributed by atoms with Crippen molar-refractivity contribution in [2.75, 3.05) is 6.54 Å². The van der Waals surface area contributed by atoms with Crippen LogP contribution in [0.1, 0.15) is 68.9 Å². The van der Waals surface area contributed by atoms with Crippen molar-refractivity contribution in [1.29, 1.82) is 0 Å². The van der Waals surface area contributed by atoms with Gasteiger partial charge in [0, 0.05) is 31.2 Å². The summed E-state index contributed by atoms with van der Waals surface area (Å²) in [7, 11) is 0. The van der Waals surface area contributed by atoms with Crippen LogP contribution in [0.3, 0.4) is 0 Å². The Bertz CT molecular complexity index is 748. The van der Waals surface area contributed by atoms with Gasteiger partial charge in [-0.1, -0.05) is 32.8 Å². The number of nitrogens with zero attached hydrogens (tertiary/aromatic N) is 3. The fourth-order valence-electron chi connectivity index (χ4n) is 4.39. The number of thiocarbonyl (C=S) groups is 1. The van der Waals surface area contributed by atoms with Gasteiger partial charge in [-0.25, -0.2) is 0 Å². The topological polar surface area (TPSA) is 33.1 Å². The quantitative estimate of drug-likeness (QED) is 0.780. The summed E-state index contributed by atoms with van der Waals surface area (Å²) in [6.45, 7) is 5.45. The van der Waals surface area contributed by atoms with Crippen molar-refractivity contribution >= 4 is 17.3 Å². The molecule has 0 spiro atoms. The Morgan fingerprint density at radius 1 is 1.23 bits per heavy atom. The van der Waals surface area contributed by atoms with E-state index in [4.69, 9.17) is 12.2 Å². The van der Waals surface area contributed by atoms with Crippen LogP contribution in [0.25, 0.3) is 0 Å². The largest absolute Gasteiger partial charge is 0.352 e. The molecule has 0 radical (unpaired) electrons. The van der Waals surface area contributed by atoms with Gasteiger partial charge in [-0.05, 0) is 54.7 Å². The van der Waals surface area contributed by atoms with Crippen LogP contribution in [0.2, 0.25) is 0 Å². The van der Waals surface area contributed by atoms with E-state index in [0.29, 0.717) is 12.0 Å². The van der Waals surface area contributed by atoms with E-state index in [1.165, 1.54) is 31.2 Å². The van der Waals surface area contributed by atoms with E-state index in [1.54, 1.807) is 0 Å². The van der Waals surface area contributed by atoms with Crippen LogP contribution in [0.5, 0.6) is 0 Å². The molecule has 3 heterocycles. The molecule has 0 unspecified atom stereocenters. The van der Waals surface area contributed by atoms with Crippen molar-refractivity contribution in [3.05, 3.63) is 54.1 Å². The minimum absolute atomic E-state index is 0.0990. The average molecular weight is 369 g/mol. The Morgan fingerprint density at radius 2 is 2.04 bits per heavy atom. The molecule has 138 valence electrons. The second-order valence-electron chi connectivity index (χ2n) is 8.00. The lowest BCUT2D eigenvalue weighted by atomic mass is 9.98. The lowest BCUT2D eigenvalue weighted by Gasteiger charge is -2.28. The molecule has 2 aromatic heterocycles. The first-order valence-corrected chi connectivity index (χ1v) is 10.2. The predicted octanol–water partition coefficient (Wildman–Crippen LogP) is 4.63. The normalized spacial score (nSPS) is 23.8. The average Bonchev–Trinajstić information content (AvgIpc) is 3.36. The van der Waals surface area contributed by atoms with Crippen LogP contribution in [-0.2, 0) is 0 Å². The highest BCUT2D eigenvalue weighted by Crippen LogP contribution is 2.40. The van der Waals surface area contributed by atoms with Crippen LogP contribution in [0, 0.1) is 5.92 Å². The van der Waals surface area contributed by atoms with Crippen molar-refractivity contribution in [2.45, 2.75) is 57.7 Å². The molecule has 26 heavy (non-hydrogen) atoms. The third kappa shape index (κ3) is 3.37. The third-order valence-corrected chi connectivity index (χ3v) is 5.94. The van der Waals surface area contributed by atoms with E-state index in [9.17, 15) is 0 Å². The number of hydrogen-bond donors (Lipinski definition) is 1. The van der Waals surface area contributed by atoms with E-state index >= 15 is 0 Å². The fraction of sp³-hybridized carbons (Fsp3) is 0.524. The summed E-state index contributed by atoms with van der Waals surface area (Å²) in [6, 6.07) is 9.36. The van der Waals surface area contributed by atoms with E-state index in [-0.39, 0.29) is 12.1 Å². The van der Waals surface area contributed by atoms with Crippen molar-refractivity contribution < 1.29 is 0 Å². The monoisotopic (exact) mass is 368 g/mol. The Hall–Kier alpha value is -1.88. The van der Waals surface area contributed by atoms with Gasteiger partial charge in [0.1, 0.15) is 0 Å². The second kappa shape index (κ2) is 7.39. The molecule has 2 aromatic rings. The Kier molecular flexibility index (Phi) is 4.98. The van der Waals surface area contributed by atoms with Gasteiger partial charge in [-0.3, -0.25) is 4.98 Å². The number of hydrogen-bond acceptors (Lipinski definition) is 2. The van der Waals surface area contributed by atoms with Crippen LogP contribution in [-0.4, -0.2) is 26.1 Å². The molecule has 1 N–H and O–H groups in total. The molecule has 1 aliphatic carbocycles. The number of pyridine rings is 1. The summed E-state index contributed by atoms with van der Waals surface area (Å²) in [6.07, 6.45) is 11.8. The predicted molar refractivity (Wildman–Crippen MR) is 109 cm³/mol. The maximum atomic E-state index is 5.71. The van der Waals surface area contributed by atoms with Gasteiger partial charge in [0.25, 0.3) is 0 Å². The lowest BCUT2D eigenvalue weighted by Crippen LogP contribution is -2.32. The molecule has 1 saturated heterocycles. The zero-order valence-electron chi connectivity index (χ0n) is 15.6. The maximum Gasteiger partial charge on any atom is 0.170 e. The van der Waals surface area contributed by atoms with Gasteiger partial charge in [0.05, 0.1) is 17.8 Å². The first-order valence-electron chi connectivity index (χ1n) is 9.79. The molecule has 5 heteroatoms. The molecule has 0 bridgehead atoms. The number of aromatic nitrogens is 2. The van der Waals surface area contributed by atoms with Crippen molar-refractivity contribution in [1.82, 2.24) is 19.8 Å². The van der Waals surface area contributed by atoms with Gasteiger partial charge in [-0.15, -0.1) is 0 Å². The molecule has 4 nitrogen and oxygen atoms in total. The van der Waals surface area contributed by atoms with E-state index in [0.717, 1.165) is 17.4 Å². The first kappa shape index (κ1) is 17.5. The van der Waals surface area contributed by atoms with Gasteiger partial charge in [-0.2, -0.15) is 0 Å². The Labute approximate surface area is 161 Å². The highest BCUT2D eigenvalue weighted by molar-refractivity contribution is 7.80. The van der Waals surface area contributed by atoms with Crippen molar-refractivity contribution in [2.24, 2.45) is 5.92 Å². The van der Waals surface area contributed by atoms with Crippen molar-refractivity contribution in [3.63, 3.8) is 0 Å². The molecule has 2 aliphatic rings. The minimum atomic E-state index is 0.0990. The zero-order chi connectivity index (χ0) is 18.1. The van der Waals surface area contributed by atoms with Gasteiger partial charge in [0.2, 0.25) is 0 Å². The molecular weight excluding hydrogens is 340 g/mol. The Morgan fingerprint density at radius 3 is 2.73 bits per heavy atom. The molecule has 0 amide bonds. The third-order valence-electron chi connectivity index (χ3n) is 5.58. The van der Waals surface area contributed by atoms with E-state index < -0.39 is 0 Å². The molecule has 1 aliphatic heterocycles. The summed E-state index contributed by atoms with van der Waals surface area (Å²) >= 11 is 5.71. The lowest BCUT2D eigenvalue weighted by molar-refractivity contribution is 0.287. The smallest absolute Gasteiger partial charge is 0.170 e. The number of rotatable bonds is 5. The summed E-state index contributed by atoms with van der Waals surface area (Å²) in [5.41, 5.74) is 2.39. The number of nitrogens with one attached hydrogen (secondary N) is 1. The highest BCUT2D eigenvalue weighted by Gasteiger charge is 2.40. The van der Waals surface area contributed by atoms with Crippen molar-refractivity contribution in [3.8, 4) is 0 Å². The maximum absolute atomic E-state index is 5.71. The molecular formula is C21H28N4S. The minimum Gasteiger partial charge on any atom is -0.352 e. The van der Waals surface area contributed by atoms with Gasteiger partial charge >= 0.3 is 0 Å². The van der Waals surface area contributed by atoms with Crippen LogP contribution >= 0.6 is 12.2 Å². The molecule has 2 atom stereocenters. The van der Waals surface area contributed by atoms with Gasteiger partial charge in [0.15, 0.2) is 5.11 Å². The molecule has 0 aromatic carbocycles. The van der Waals surface area contributed by atoms with Crippen LogP contribution in [0.15, 0.2) is 42.9 Å². The second-order valence-corrected chi connectivity index (χ2v) is 8.39. The summed E-state index contributed by atoms with van der Waals surface area (Å²) in [5.74, 6) is 0.552. The first-order chi connectivity index (χ1) is 12.6. The fourth-order valence-corrected chi connectivity index (χ4v) is 4.71.